The third kappa shape index (κ3) is 5.51. The lowest BCUT2D eigenvalue weighted by Crippen LogP contribution is -2.63. The number of esters is 1. The van der Waals surface area contributed by atoms with Crippen molar-refractivity contribution in [1.29, 1.82) is 0 Å². The first-order valence-corrected chi connectivity index (χ1v) is 16.0. The number of Topliss-reactive ketones (excluding diaryl/α,β-unsaturated/α-hetero) is 2. The Bertz CT molecular complexity index is 1200. The molecular weight excluding hydrogens is 594 g/mol. The minimum absolute atomic E-state index is 0.0522. The summed E-state index contributed by atoms with van der Waals surface area (Å²) in [5.74, 6) is -4.45. The van der Waals surface area contributed by atoms with Crippen LogP contribution in [0.5, 0.6) is 0 Å². The number of fused-ring (bicyclic) bond motifs is 5. The molecule has 240 valence electrons. The molecule has 0 aromatic carbocycles. The Morgan fingerprint density at radius 1 is 1.00 bits per heavy atom. The summed E-state index contributed by atoms with van der Waals surface area (Å²) in [5, 5.41) is 0. The summed E-state index contributed by atoms with van der Waals surface area (Å²) in [6.45, 7) is 5.79. The average molecular weight is 633 g/mol. The van der Waals surface area contributed by atoms with E-state index in [4.69, 9.17) is 4.55 Å². The van der Waals surface area contributed by atoms with E-state index < -0.39 is 57.5 Å². The standard InChI is InChI=1S/C28H38F6O7S/c1-15(4-9-23(37)41-26(27(29,30)31,28(32,33)34)14-42(38,39)40)19-7-8-20-18-6-5-16-12-17(35)10-11-24(16,2)21(18)13-22(36)25(19,20)3/h15-16,18-21H,4-14H2,1-3H3,(H,38,39,40). The summed E-state index contributed by atoms with van der Waals surface area (Å²) in [6.07, 6.45) is -8.48. The van der Waals surface area contributed by atoms with Crippen molar-refractivity contribution in [2.75, 3.05) is 5.75 Å². The predicted octanol–water partition coefficient (Wildman–Crippen LogP) is 6.10. The van der Waals surface area contributed by atoms with Crippen molar-refractivity contribution in [3.63, 3.8) is 0 Å². The zero-order valence-electron chi connectivity index (χ0n) is 23.8. The minimum Gasteiger partial charge on any atom is -0.438 e. The Kier molecular flexibility index (Phi) is 8.48. The second-order valence-corrected chi connectivity index (χ2v) is 15.0. The number of halogens is 6. The van der Waals surface area contributed by atoms with Gasteiger partial charge in [-0.25, -0.2) is 0 Å². The fraction of sp³-hybridized carbons (Fsp3) is 0.893. The molecule has 4 aliphatic rings. The molecule has 0 saturated heterocycles. The van der Waals surface area contributed by atoms with E-state index in [9.17, 15) is 49.1 Å². The van der Waals surface area contributed by atoms with Crippen molar-refractivity contribution in [2.24, 2.45) is 46.3 Å². The van der Waals surface area contributed by atoms with Gasteiger partial charge >= 0.3 is 23.9 Å². The Morgan fingerprint density at radius 3 is 2.19 bits per heavy atom. The van der Waals surface area contributed by atoms with Gasteiger partial charge in [-0.2, -0.15) is 34.8 Å². The van der Waals surface area contributed by atoms with E-state index >= 15 is 0 Å². The van der Waals surface area contributed by atoms with Crippen LogP contribution >= 0.6 is 0 Å². The molecule has 14 heteroatoms. The third-order valence-corrected chi connectivity index (χ3v) is 12.3. The van der Waals surface area contributed by atoms with E-state index in [1.165, 1.54) is 0 Å². The number of alkyl halides is 6. The van der Waals surface area contributed by atoms with E-state index in [0.29, 0.717) is 25.7 Å². The van der Waals surface area contributed by atoms with Gasteiger partial charge in [0.2, 0.25) is 0 Å². The summed E-state index contributed by atoms with van der Waals surface area (Å²) < 4.78 is 116. The fourth-order valence-corrected chi connectivity index (χ4v) is 10.1. The topological polar surface area (TPSA) is 115 Å². The van der Waals surface area contributed by atoms with Crippen molar-refractivity contribution in [3.05, 3.63) is 0 Å². The van der Waals surface area contributed by atoms with Crippen LogP contribution in [-0.2, 0) is 29.2 Å². The SMILES string of the molecule is CC(CCC(=O)OC(CS(=O)(=O)O)(C(F)(F)F)C(F)(F)F)C1CCC2C3CCC4CC(=O)CCC4(C)C3CC(=O)C12C. The molecule has 8 atom stereocenters. The zero-order chi connectivity index (χ0) is 31.7. The Labute approximate surface area is 241 Å². The van der Waals surface area contributed by atoms with Gasteiger partial charge in [-0.1, -0.05) is 20.8 Å². The van der Waals surface area contributed by atoms with Gasteiger partial charge in [0.05, 0.1) is 0 Å². The molecule has 4 rings (SSSR count). The first kappa shape index (κ1) is 33.2. The molecule has 0 aromatic heterocycles. The molecule has 0 spiro atoms. The molecule has 0 bridgehead atoms. The molecule has 4 saturated carbocycles. The summed E-state index contributed by atoms with van der Waals surface area (Å²) >= 11 is 0. The quantitative estimate of drug-likeness (QED) is 0.205. The van der Waals surface area contributed by atoms with E-state index in [1.54, 1.807) is 6.92 Å². The molecule has 0 amide bonds. The first-order valence-electron chi connectivity index (χ1n) is 14.4. The number of carbonyl (C=O) groups is 3. The second-order valence-electron chi connectivity index (χ2n) is 13.5. The van der Waals surface area contributed by atoms with Crippen molar-refractivity contribution in [2.45, 2.75) is 103 Å². The maximum atomic E-state index is 13.8. The Hall–Kier alpha value is -1.70. The largest absolute Gasteiger partial charge is 0.438 e. The molecule has 0 heterocycles. The molecule has 0 aliphatic heterocycles. The number of carbonyl (C=O) groups excluding carboxylic acids is 3. The van der Waals surface area contributed by atoms with Crippen LogP contribution in [-0.4, -0.2) is 54.2 Å². The lowest BCUT2D eigenvalue weighted by Gasteiger charge is -2.59. The van der Waals surface area contributed by atoms with Gasteiger partial charge in [-0.3, -0.25) is 18.9 Å². The monoisotopic (exact) mass is 632 g/mol. The highest BCUT2D eigenvalue weighted by Gasteiger charge is 2.76. The van der Waals surface area contributed by atoms with Crippen molar-refractivity contribution in [3.8, 4) is 0 Å². The summed E-state index contributed by atoms with van der Waals surface area (Å²) in [7, 11) is -5.86. The van der Waals surface area contributed by atoms with Gasteiger partial charge in [0.1, 0.15) is 17.3 Å². The third-order valence-electron chi connectivity index (χ3n) is 11.5. The fourth-order valence-electron chi connectivity index (χ4n) is 9.21. The predicted molar refractivity (Wildman–Crippen MR) is 136 cm³/mol. The van der Waals surface area contributed by atoms with Crippen molar-refractivity contribution in [1.82, 2.24) is 0 Å². The highest BCUT2D eigenvalue weighted by Crippen LogP contribution is 2.67. The number of ether oxygens (including phenoxy) is 1. The van der Waals surface area contributed by atoms with Crippen LogP contribution < -0.4 is 0 Å². The summed E-state index contributed by atoms with van der Waals surface area (Å²) in [5.41, 5.74) is -6.29. The highest BCUT2D eigenvalue weighted by molar-refractivity contribution is 7.85. The van der Waals surface area contributed by atoms with Crippen molar-refractivity contribution < 1.29 is 58.4 Å². The maximum absolute atomic E-state index is 13.8. The highest BCUT2D eigenvalue weighted by atomic mass is 32.2. The van der Waals surface area contributed by atoms with Gasteiger partial charge in [0, 0.05) is 31.1 Å². The number of ketones is 2. The van der Waals surface area contributed by atoms with E-state index in [2.05, 4.69) is 11.7 Å². The lowest BCUT2D eigenvalue weighted by atomic mass is 9.44. The van der Waals surface area contributed by atoms with Gasteiger partial charge < -0.3 is 4.74 Å². The Balaban J connectivity index is 1.48. The van der Waals surface area contributed by atoms with E-state index in [0.717, 1.165) is 25.7 Å². The van der Waals surface area contributed by atoms with Crippen LogP contribution in [0, 0.1) is 46.3 Å². The first-order chi connectivity index (χ1) is 19.1. The molecule has 7 nitrogen and oxygen atoms in total. The zero-order valence-corrected chi connectivity index (χ0v) is 24.6. The van der Waals surface area contributed by atoms with Crippen LogP contribution in [0.1, 0.15) is 85.0 Å². The minimum atomic E-state index is -6.37. The molecule has 4 fully saturated rings. The number of rotatable bonds is 7. The van der Waals surface area contributed by atoms with Gasteiger partial charge in [-0.05, 0) is 79.4 Å². The van der Waals surface area contributed by atoms with Gasteiger partial charge in [0.15, 0.2) is 0 Å². The smallest absolute Gasteiger partial charge is 0.438 e. The number of hydrogen-bond acceptors (Lipinski definition) is 6. The Morgan fingerprint density at radius 2 is 1.62 bits per heavy atom. The van der Waals surface area contributed by atoms with E-state index in [1.807, 2.05) is 6.92 Å². The van der Waals surface area contributed by atoms with Crippen LogP contribution in [0.25, 0.3) is 0 Å². The second kappa shape index (κ2) is 10.7. The average Bonchev–Trinajstić information content (AvgIpc) is 3.20. The molecule has 0 aromatic rings. The van der Waals surface area contributed by atoms with Gasteiger partial charge in [0.25, 0.3) is 10.1 Å². The molecule has 0 radical (unpaired) electrons. The summed E-state index contributed by atoms with van der Waals surface area (Å²) in [6, 6.07) is 0. The van der Waals surface area contributed by atoms with Crippen LogP contribution in [0.15, 0.2) is 0 Å². The van der Waals surface area contributed by atoms with Crippen molar-refractivity contribution >= 4 is 27.7 Å². The number of hydrogen-bond donors (Lipinski definition) is 1. The normalized spacial score (nSPS) is 36.6. The van der Waals surface area contributed by atoms with Crippen LogP contribution in [0.3, 0.4) is 0 Å². The van der Waals surface area contributed by atoms with Crippen LogP contribution in [0.2, 0.25) is 0 Å². The maximum Gasteiger partial charge on any atom is 0.438 e. The van der Waals surface area contributed by atoms with Gasteiger partial charge in [-0.15, -0.1) is 0 Å². The van der Waals surface area contributed by atoms with E-state index in [-0.39, 0.29) is 53.0 Å². The molecule has 1 N–H and O–H groups in total. The lowest BCUT2D eigenvalue weighted by molar-refractivity contribution is -0.361. The molecule has 8 unspecified atom stereocenters. The molecule has 4 aliphatic carbocycles. The molecule has 42 heavy (non-hydrogen) atoms. The summed E-state index contributed by atoms with van der Waals surface area (Å²) in [4.78, 5) is 38.3. The molecular formula is C28H38F6O7S. The van der Waals surface area contributed by atoms with Crippen LogP contribution in [0.4, 0.5) is 26.3 Å².